The molecule has 6 nitrogen and oxygen atoms in total. The molecule has 2 rings (SSSR count). The minimum atomic E-state index is -3.03. The molecule has 0 unspecified atom stereocenters. The van der Waals surface area contributed by atoms with Crippen molar-refractivity contribution in [1.29, 1.82) is 0 Å². The average Bonchev–Trinajstić information content (AvgIpc) is 2.63. The highest BCUT2D eigenvalue weighted by molar-refractivity contribution is 5.96. The van der Waals surface area contributed by atoms with Gasteiger partial charge in [0.15, 0.2) is 6.10 Å². The molecule has 2 aromatic carbocycles. The van der Waals surface area contributed by atoms with Gasteiger partial charge >= 0.3 is 12.6 Å². The molecule has 1 amide bonds. The van der Waals surface area contributed by atoms with E-state index >= 15 is 0 Å². The Morgan fingerprint density at radius 1 is 1.04 bits per heavy atom. The van der Waals surface area contributed by atoms with E-state index in [-0.39, 0.29) is 17.9 Å². The fraction of sp³-hybridized carbons (Fsp3) is 0.263. The fourth-order valence-corrected chi connectivity index (χ4v) is 2.30. The first-order valence-electron chi connectivity index (χ1n) is 8.06. The van der Waals surface area contributed by atoms with Crippen LogP contribution >= 0.6 is 0 Å². The number of carbonyl (C=O) groups excluding carboxylic acids is 2. The predicted octanol–water partition coefficient (Wildman–Crippen LogP) is 3.41. The highest BCUT2D eigenvalue weighted by Gasteiger charge is 2.20. The van der Waals surface area contributed by atoms with Crippen LogP contribution in [0.2, 0.25) is 0 Å². The molecule has 0 aliphatic heterocycles. The van der Waals surface area contributed by atoms with Crippen LogP contribution in [0.4, 0.5) is 14.5 Å². The molecule has 0 heterocycles. The molecule has 0 aliphatic rings. The molecule has 27 heavy (non-hydrogen) atoms. The van der Waals surface area contributed by atoms with E-state index in [1.807, 2.05) is 0 Å². The summed E-state index contributed by atoms with van der Waals surface area (Å²) >= 11 is 0. The summed E-state index contributed by atoms with van der Waals surface area (Å²) in [6.45, 7) is -1.65. The summed E-state index contributed by atoms with van der Waals surface area (Å²) < 4.78 is 39.5. The number of carbonyl (C=O) groups is 2. The number of hydrogen-bond acceptors (Lipinski definition) is 5. The lowest BCUT2D eigenvalue weighted by atomic mass is 10.1. The monoisotopic (exact) mass is 379 g/mol. The summed E-state index contributed by atoms with van der Waals surface area (Å²) in [5, 5.41) is 2.41. The smallest absolute Gasteiger partial charge is 0.387 e. The van der Waals surface area contributed by atoms with Crippen molar-refractivity contribution in [2.24, 2.45) is 0 Å². The van der Waals surface area contributed by atoms with Crippen molar-refractivity contribution < 1.29 is 32.6 Å². The van der Waals surface area contributed by atoms with Crippen molar-refractivity contribution in [3.05, 3.63) is 54.1 Å². The molecule has 0 saturated heterocycles. The second-order valence-corrected chi connectivity index (χ2v) is 5.48. The maximum absolute atomic E-state index is 12.4. The number of methoxy groups -OCH3 is 1. The number of benzene rings is 2. The average molecular weight is 379 g/mol. The summed E-state index contributed by atoms with van der Waals surface area (Å²) in [6.07, 6.45) is -1.21. The van der Waals surface area contributed by atoms with Crippen LogP contribution < -0.4 is 14.8 Å². The fourth-order valence-electron chi connectivity index (χ4n) is 2.30. The molecule has 0 spiro atoms. The first kappa shape index (κ1) is 20.2. The Hall–Kier alpha value is -3.16. The lowest BCUT2D eigenvalue weighted by molar-refractivity contribution is -0.152. The Morgan fingerprint density at radius 3 is 2.33 bits per heavy atom. The van der Waals surface area contributed by atoms with E-state index < -0.39 is 24.6 Å². The number of ether oxygens (including phenoxy) is 3. The quantitative estimate of drug-likeness (QED) is 0.712. The van der Waals surface area contributed by atoms with E-state index in [0.717, 1.165) is 0 Å². The second-order valence-electron chi connectivity index (χ2n) is 5.48. The molecule has 0 fully saturated rings. The number of anilines is 1. The summed E-state index contributed by atoms with van der Waals surface area (Å²) in [4.78, 5) is 24.3. The predicted molar refractivity (Wildman–Crippen MR) is 94.0 cm³/mol. The van der Waals surface area contributed by atoms with E-state index in [2.05, 4.69) is 10.1 Å². The van der Waals surface area contributed by atoms with Crippen LogP contribution in [0.15, 0.2) is 48.5 Å². The van der Waals surface area contributed by atoms with Crippen molar-refractivity contribution in [3.8, 4) is 11.5 Å². The molecule has 0 saturated carbocycles. The number of rotatable bonds is 8. The third-order valence-corrected chi connectivity index (χ3v) is 3.57. The van der Waals surface area contributed by atoms with Gasteiger partial charge in [-0.05, 0) is 25.1 Å². The topological polar surface area (TPSA) is 73.9 Å². The lowest BCUT2D eigenvalue weighted by Gasteiger charge is -2.16. The van der Waals surface area contributed by atoms with Crippen LogP contribution in [0.25, 0.3) is 0 Å². The first-order valence-corrected chi connectivity index (χ1v) is 8.06. The number of nitrogens with one attached hydrogen (secondary N) is 1. The van der Waals surface area contributed by atoms with E-state index in [4.69, 9.17) is 9.47 Å². The van der Waals surface area contributed by atoms with Crippen molar-refractivity contribution in [1.82, 2.24) is 0 Å². The Morgan fingerprint density at radius 2 is 1.67 bits per heavy atom. The summed E-state index contributed by atoms with van der Waals surface area (Å²) in [7, 11) is 1.49. The van der Waals surface area contributed by atoms with Crippen LogP contribution in [-0.2, 0) is 20.7 Å². The third kappa shape index (κ3) is 5.95. The highest BCUT2D eigenvalue weighted by atomic mass is 19.3. The van der Waals surface area contributed by atoms with Gasteiger partial charge in [-0.25, -0.2) is 0 Å². The Labute approximate surface area is 155 Å². The van der Waals surface area contributed by atoms with Crippen molar-refractivity contribution in [3.63, 3.8) is 0 Å². The molecule has 1 atom stereocenters. The van der Waals surface area contributed by atoms with Gasteiger partial charge in [-0.2, -0.15) is 8.78 Å². The third-order valence-electron chi connectivity index (χ3n) is 3.57. The van der Waals surface area contributed by atoms with Gasteiger partial charge in [0.25, 0.3) is 5.91 Å². The minimum Gasteiger partial charge on any atom is -0.496 e. The zero-order valence-electron chi connectivity index (χ0n) is 14.8. The van der Waals surface area contributed by atoms with Gasteiger partial charge < -0.3 is 19.5 Å². The normalized spacial score (nSPS) is 11.6. The van der Waals surface area contributed by atoms with Gasteiger partial charge in [-0.1, -0.05) is 30.3 Å². The van der Waals surface area contributed by atoms with Crippen LogP contribution in [0.3, 0.4) is 0 Å². The number of hydrogen-bond donors (Lipinski definition) is 1. The molecular weight excluding hydrogens is 360 g/mol. The first-order chi connectivity index (χ1) is 12.9. The summed E-state index contributed by atoms with van der Waals surface area (Å²) in [5.41, 5.74) is 0.670. The number of alkyl halides is 2. The summed E-state index contributed by atoms with van der Waals surface area (Å²) in [5.74, 6) is -0.953. The molecule has 8 heteroatoms. The van der Waals surface area contributed by atoms with E-state index in [1.54, 1.807) is 30.3 Å². The molecular formula is C19H19F2NO5. The van der Waals surface area contributed by atoms with Crippen molar-refractivity contribution in [2.75, 3.05) is 12.4 Å². The number of amides is 1. The van der Waals surface area contributed by atoms with Crippen LogP contribution in [-0.4, -0.2) is 31.7 Å². The Balaban J connectivity index is 1.97. The number of esters is 1. The molecule has 0 aromatic heterocycles. The number of para-hydroxylation sites is 3. The molecule has 2 aromatic rings. The van der Waals surface area contributed by atoms with Crippen molar-refractivity contribution in [2.45, 2.75) is 26.1 Å². The van der Waals surface area contributed by atoms with Gasteiger partial charge in [-0.15, -0.1) is 0 Å². The van der Waals surface area contributed by atoms with Crippen molar-refractivity contribution >= 4 is 17.6 Å². The second kappa shape index (κ2) is 9.51. The van der Waals surface area contributed by atoms with Gasteiger partial charge in [0.1, 0.15) is 11.5 Å². The zero-order valence-corrected chi connectivity index (χ0v) is 14.8. The van der Waals surface area contributed by atoms with Gasteiger partial charge in [0.2, 0.25) is 0 Å². The van der Waals surface area contributed by atoms with E-state index in [0.29, 0.717) is 11.3 Å². The lowest BCUT2D eigenvalue weighted by Crippen LogP contribution is -2.30. The molecule has 0 radical (unpaired) electrons. The van der Waals surface area contributed by atoms with Crippen LogP contribution in [0.1, 0.15) is 12.5 Å². The maximum Gasteiger partial charge on any atom is 0.387 e. The number of halogens is 2. The Bertz CT molecular complexity index is 797. The Kier molecular flexibility index (Phi) is 7.10. The molecule has 144 valence electrons. The van der Waals surface area contributed by atoms with E-state index in [1.165, 1.54) is 32.2 Å². The highest BCUT2D eigenvalue weighted by Crippen LogP contribution is 2.25. The summed E-state index contributed by atoms with van der Waals surface area (Å²) in [6, 6.07) is 12.7. The van der Waals surface area contributed by atoms with E-state index in [9.17, 15) is 18.4 Å². The standard InChI is InChI=1S/C19H19F2NO5/c1-12(26-17(23)11-13-7-3-5-9-15(13)25-2)18(24)22-14-8-4-6-10-16(14)27-19(20)21/h3-10,12,19H,11H2,1-2H3,(H,22,24)/t12-/m0/s1. The van der Waals surface area contributed by atoms with Gasteiger partial charge in [0, 0.05) is 5.56 Å². The SMILES string of the molecule is COc1ccccc1CC(=O)O[C@@H](C)C(=O)Nc1ccccc1OC(F)F. The zero-order chi connectivity index (χ0) is 19.8. The van der Waals surface area contributed by atoms with Crippen LogP contribution in [0, 0.1) is 0 Å². The largest absolute Gasteiger partial charge is 0.496 e. The minimum absolute atomic E-state index is 0.0513. The maximum atomic E-state index is 12.4. The van der Waals surface area contributed by atoms with Gasteiger partial charge in [0.05, 0.1) is 19.2 Å². The van der Waals surface area contributed by atoms with Crippen LogP contribution in [0.5, 0.6) is 11.5 Å². The molecule has 0 bridgehead atoms. The van der Waals surface area contributed by atoms with Gasteiger partial charge in [-0.3, -0.25) is 9.59 Å². The molecule has 0 aliphatic carbocycles. The molecule has 1 N–H and O–H groups in total.